The van der Waals surface area contributed by atoms with Crippen molar-refractivity contribution >= 4 is 34.3 Å². The highest BCUT2D eigenvalue weighted by atomic mass is 35.5. The van der Waals surface area contributed by atoms with Gasteiger partial charge >= 0.3 is 18.1 Å². The summed E-state index contributed by atoms with van der Waals surface area (Å²) in [4.78, 5) is 23.9. The summed E-state index contributed by atoms with van der Waals surface area (Å²) < 4.78 is 59.7. The smallest absolute Gasteiger partial charge is 0.416 e. The van der Waals surface area contributed by atoms with E-state index >= 15 is 0 Å². The molecule has 3 aromatic rings. The summed E-state index contributed by atoms with van der Waals surface area (Å²) in [6, 6.07) is 13.0. The standard InChI is InChI=1S/C25H22ClF3O6/c1-4-32-23(30)14(2)34-24(31)15(3)33-19-8-5-16-6-9-20(12-17(16)11-19)35-22-10-7-18(13-21(22)26)25(27,28)29/h5-15H,4H2,1-3H3/t14-,15?/m0/s1. The Morgan fingerprint density at radius 3 is 2.17 bits per heavy atom. The van der Waals surface area contributed by atoms with Crippen molar-refractivity contribution in [1.82, 2.24) is 0 Å². The zero-order valence-electron chi connectivity index (χ0n) is 19.0. The molecule has 0 amide bonds. The Balaban J connectivity index is 1.72. The van der Waals surface area contributed by atoms with Crippen molar-refractivity contribution < 1.29 is 41.7 Å². The Kier molecular flexibility index (Phi) is 8.11. The van der Waals surface area contributed by atoms with Crippen LogP contribution in [-0.4, -0.2) is 30.8 Å². The highest BCUT2D eigenvalue weighted by Crippen LogP contribution is 2.37. The van der Waals surface area contributed by atoms with Gasteiger partial charge in [0.15, 0.2) is 12.2 Å². The molecular formula is C25H22ClF3O6. The van der Waals surface area contributed by atoms with E-state index in [2.05, 4.69) is 0 Å². The number of hydrogen-bond donors (Lipinski definition) is 0. The van der Waals surface area contributed by atoms with Crippen molar-refractivity contribution in [3.05, 3.63) is 65.2 Å². The maximum Gasteiger partial charge on any atom is 0.416 e. The van der Waals surface area contributed by atoms with E-state index in [1.54, 1.807) is 43.3 Å². The SMILES string of the molecule is CCOC(=O)[C@H](C)OC(=O)C(C)Oc1ccc2ccc(Oc3ccc(C(F)(F)F)cc3Cl)cc2c1. The summed E-state index contributed by atoms with van der Waals surface area (Å²) in [6.07, 6.45) is -6.58. The Hall–Kier alpha value is -3.46. The van der Waals surface area contributed by atoms with Crippen molar-refractivity contribution in [3.63, 3.8) is 0 Å². The van der Waals surface area contributed by atoms with Crippen molar-refractivity contribution in [3.8, 4) is 17.2 Å². The number of carbonyl (C=O) groups is 2. The highest BCUT2D eigenvalue weighted by molar-refractivity contribution is 6.32. The number of halogens is 4. The van der Waals surface area contributed by atoms with Gasteiger partial charge in [-0.15, -0.1) is 0 Å². The Labute approximate surface area is 204 Å². The summed E-state index contributed by atoms with van der Waals surface area (Å²) >= 11 is 5.97. The van der Waals surface area contributed by atoms with Gasteiger partial charge in [0.05, 0.1) is 17.2 Å². The van der Waals surface area contributed by atoms with Crippen molar-refractivity contribution in [2.75, 3.05) is 6.61 Å². The summed E-state index contributed by atoms with van der Waals surface area (Å²) in [5.74, 6) is -0.625. The van der Waals surface area contributed by atoms with Gasteiger partial charge in [0.2, 0.25) is 0 Å². The van der Waals surface area contributed by atoms with Gasteiger partial charge in [-0.25, -0.2) is 9.59 Å². The maximum atomic E-state index is 12.8. The first-order valence-corrected chi connectivity index (χ1v) is 11.0. The first kappa shape index (κ1) is 26.2. The van der Waals surface area contributed by atoms with Crippen LogP contribution in [0.25, 0.3) is 10.8 Å². The summed E-state index contributed by atoms with van der Waals surface area (Å²) in [5.41, 5.74) is -0.876. The van der Waals surface area contributed by atoms with Gasteiger partial charge in [0.25, 0.3) is 0 Å². The minimum absolute atomic E-state index is 0.0681. The van der Waals surface area contributed by atoms with Crippen LogP contribution in [0.4, 0.5) is 13.2 Å². The third-order valence-electron chi connectivity index (χ3n) is 4.83. The van der Waals surface area contributed by atoms with E-state index in [0.29, 0.717) is 16.9 Å². The quantitative estimate of drug-likeness (QED) is 0.319. The van der Waals surface area contributed by atoms with Crippen LogP contribution in [0.3, 0.4) is 0 Å². The number of hydrogen-bond acceptors (Lipinski definition) is 6. The Morgan fingerprint density at radius 2 is 1.54 bits per heavy atom. The molecule has 35 heavy (non-hydrogen) atoms. The predicted octanol–water partition coefficient (Wildman–Crippen LogP) is 6.57. The lowest BCUT2D eigenvalue weighted by atomic mass is 10.1. The molecule has 0 aromatic heterocycles. The molecule has 0 aliphatic heterocycles. The number of benzene rings is 3. The molecule has 0 radical (unpaired) electrons. The zero-order valence-corrected chi connectivity index (χ0v) is 19.8. The molecule has 6 nitrogen and oxygen atoms in total. The van der Waals surface area contributed by atoms with E-state index in [0.717, 1.165) is 23.6 Å². The molecule has 0 bridgehead atoms. The zero-order chi connectivity index (χ0) is 25.8. The van der Waals surface area contributed by atoms with Gasteiger partial charge in [-0.2, -0.15) is 13.2 Å². The number of rotatable bonds is 8. The molecule has 0 heterocycles. The van der Waals surface area contributed by atoms with E-state index in [1.807, 2.05) is 0 Å². The van der Waals surface area contributed by atoms with Crippen LogP contribution in [0.1, 0.15) is 26.3 Å². The fourth-order valence-corrected chi connectivity index (χ4v) is 3.28. The molecule has 0 saturated carbocycles. The molecular weight excluding hydrogens is 489 g/mol. The number of alkyl halides is 3. The minimum atomic E-state index is -4.51. The third-order valence-corrected chi connectivity index (χ3v) is 5.12. The average Bonchev–Trinajstić information content (AvgIpc) is 2.79. The van der Waals surface area contributed by atoms with Gasteiger partial charge < -0.3 is 18.9 Å². The van der Waals surface area contributed by atoms with Crippen molar-refractivity contribution in [1.29, 1.82) is 0 Å². The number of fused-ring (bicyclic) bond motifs is 1. The van der Waals surface area contributed by atoms with Crippen LogP contribution in [0.5, 0.6) is 17.2 Å². The molecule has 186 valence electrons. The number of ether oxygens (including phenoxy) is 4. The second-order valence-corrected chi connectivity index (χ2v) is 7.91. The highest BCUT2D eigenvalue weighted by Gasteiger charge is 2.31. The second kappa shape index (κ2) is 10.9. The van der Waals surface area contributed by atoms with Gasteiger partial charge in [-0.05, 0) is 74.0 Å². The van der Waals surface area contributed by atoms with Crippen molar-refractivity contribution in [2.24, 2.45) is 0 Å². The van der Waals surface area contributed by atoms with Crippen LogP contribution < -0.4 is 9.47 Å². The third kappa shape index (κ3) is 6.79. The molecule has 3 rings (SSSR count). The molecule has 0 saturated heterocycles. The molecule has 0 aliphatic carbocycles. The maximum absolute atomic E-state index is 12.8. The fraction of sp³-hybridized carbons (Fsp3) is 0.280. The van der Waals surface area contributed by atoms with Gasteiger partial charge in [0, 0.05) is 0 Å². The lowest BCUT2D eigenvalue weighted by Gasteiger charge is -2.17. The largest absolute Gasteiger partial charge is 0.479 e. The van der Waals surface area contributed by atoms with Crippen LogP contribution in [0, 0.1) is 0 Å². The van der Waals surface area contributed by atoms with Gasteiger partial charge in [-0.1, -0.05) is 23.7 Å². The van der Waals surface area contributed by atoms with E-state index < -0.39 is 35.9 Å². The average molecular weight is 511 g/mol. The molecule has 3 aromatic carbocycles. The van der Waals surface area contributed by atoms with E-state index in [4.69, 9.17) is 30.5 Å². The summed E-state index contributed by atoms with van der Waals surface area (Å²) in [6.45, 7) is 4.70. The minimum Gasteiger partial charge on any atom is -0.479 e. The predicted molar refractivity (Wildman–Crippen MR) is 123 cm³/mol. The topological polar surface area (TPSA) is 71.1 Å². The van der Waals surface area contributed by atoms with Crippen LogP contribution >= 0.6 is 11.6 Å². The van der Waals surface area contributed by atoms with Crippen LogP contribution in [0.2, 0.25) is 5.02 Å². The second-order valence-electron chi connectivity index (χ2n) is 7.51. The van der Waals surface area contributed by atoms with E-state index in [9.17, 15) is 22.8 Å². The lowest BCUT2D eigenvalue weighted by molar-refractivity contribution is -0.170. The van der Waals surface area contributed by atoms with Crippen molar-refractivity contribution in [2.45, 2.75) is 39.2 Å². The summed E-state index contributed by atoms with van der Waals surface area (Å²) in [5, 5.41) is 1.33. The Bertz CT molecular complexity index is 1230. The van der Waals surface area contributed by atoms with E-state index in [-0.39, 0.29) is 17.4 Å². The number of esters is 2. The number of carbonyl (C=O) groups excluding carboxylic acids is 2. The van der Waals surface area contributed by atoms with Crippen LogP contribution in [0.15, 0.2) is 54.6 Å². The molecule has 0 fully saturated rings. The fourth-order valence-electron chi connectivity index (χ4n) is 3.06. The monoisotopic (exact) mass is 510 g/mol. The Morgan fingerprint density at radius 1 is 0.886 bits per heavy atom. The molecule has 0 spiro atoms. The molecule has 2 atom stereocenters. The molecule has 1 unspecified atom stereocenters. The molecule has 0 N–H and O–H groups in total. The van der Waals surface area contributed by atoms with Gasteiger partial charge in [0.1, 0.15) is 17.2 Å². The molecule has 10 heteroatoms. The summed E-state index contributed by atoms with van der Waals surface area (Å²) in [7, 11) is 0. The van der Waals surface area contributed by atoms with E-state index in [1.165, 1.54) is 13.8 Å². The normalized spacial score (nSPS) is 13.1. The first-order valence-electron chi connectivity index (χ1n) is 10.6. The molecule has 0 aliphatic rings. The lowest BCUT2D eigenvalue weighted by Crippen LogP contribution is -2.33. The first-order chi connectivity index (χ1) is 16.5. The van der Waals surface area contributed by atoms with Gasteiger partial charge in [-0.3, -0.25) is 0 Å². The van der Waals surface area contributed by atoms with Crippen LogP contribution in [-0.2, 0) is 25.2 Å².